The summed E-state index contributed by atoms with van der Waals surface area (Å²) in [5.41, 5.74) is 2.86. The third kappa shape index (κ3) is 4.48. The van der Waals surface area contributed by atoms with Crippen molar-refractivity contribution in [2.45, 2.75) is 39.2 Å². The minimum absolute atomic E-state index is 0.0203. The van der Waals surface area contributed by atoms with Gasteiger partial charge in [-0.25, -0.2) is 4.98 Å². The minimum Gasteiger partial charge on any atom is -0.355 e. The second kappa shape index (κ2) is 9.33. The van der Waals surface area contributed by atoms with E-state index in [4.69, 9.17) is 0 Å². The standard InChI is InChI=1S/C25H30N4O2/c1-3-29-22-12-8-7-11-21(22)27-23(25(29)31)28-15-13-20(14-16-28)24(30)26-17-18(2)19-9-5-4-6-10-19/h4-12,18,20H,3,13-17H2,1-2H3,(H,26,30)/t18-/m0/s1. The second-order valence-electron chi connectivity index (χ2n) is 8.29. The van der Waals surface area contributed by atoms with E-state index in [0.29, 0.717) is 32.0 Å². The zero-order valence-electron chi connectivity index (χ0n) is 18.3. The van der Waals surface area contributed by atoms with Crippen molar-refractivity contribution in [2.24, 2.45) is 5.92 Å². The Balaban J connectivity index is 1.39. The van der Waals surface area contributed by atoms with Gasteiger partial charge in [-0.3, -0.25) is 9.59 Å². The Morgan fingerprint density at radius 2 is 1.77 bits per heavy atom. The second-order valence-corrected chi connectivity index (χ2v) is 8.29. The molecule has 1 amide bonds. The van der Waals surface area contributed by atoms with Crippen LogP contribution in [-0.4, -0.2) is 35.1 Å². The van der Waals surface area contributed by atoms with E-state index in [0.717, 1.165) is 23.9 Å². The predicted molar refractivity (Wildman–Crippen MR) is 124 cm³/mol. The van der Waals surface area contributed by atoms with Gasteiger partial charge in [0.25, 0.3) is 5.56 Å². The van der Waals surface area contributed by atoms with Crippen molar-refractivity contribution in [3.05, 3.63) is 70.5 Å². The molecule has 2 heterocycles. The number of carbonyl (C=O) groups is 1. The smallest absolute Gasteiger partial charge is 0.293 e. The van der Waals surface area contributed by atoms with E-state index in [9.17, 15) is 9.59 Å². The highest BCUT2D eigenvalue weighted by Crippen LogP contribution is 2.22. The first-order chi connectivity index (χ1) is 15.1. The molecule has 31 heavy (non-hydrogen) atoms. The van der Waals surface area contributed by atoms with Crippen molar-refractivity contribution in [1.82, 2.24) is 14.9 Å². The Labute approximate surface area is 182 Å². The summed E-state index contributed by atoms with van der Waals surface area (Å²) in [7, 11) is 0. The summed E-state index contributed by atoms with van der Waals surface area (Å²) >= 11 is 0. The third-order valence-corrected chi connectivity index (χ3v) is 6.27. The summed E-state index contributed by atoms with van der Waals surface area (Å²) in [5, 5.41) is 3.12. The van der Waals surface area contributed by atoms with E-state index in [-0.39, 0.29) is 23.3 Å². The van der Waals surface area contributed by atoms with Crippen LogP contribution in [0.1, 0.15) is 38.2 Å². The molecule has 1 aromatic heterocycles. The lowest BCUT2D eigenvalue weighted by Gasteiger charge is -2.32. The Bertz CT molecular complexity index is 1100. The number of nitrogens with zero attached hydrogens (tertiary/aromatic N) is 3. The molecule has 3 aromatic rings. The van der Waals surface area contributed by atoms with Crippen LogP contribution in [0.25, 0.3) is 11.0 Å². The number of benzene rings is 2. The highest BCUT2D eigenvalue weighted by atomic mass is 16.2. The van der Waals surface area contributed by atoms with Crippen LogP contribution in [-0.2, 0) is 11.3 Å². The molecule has 0 unspecified atom stereocenters. The van der Waals surface area contributed by atoms with Crippen molar-refractivity contribution in [3.8, 4) is 0 Å². The maximum atomic E-state index is 13.0. The lowest BCUT2D eigenvalue weighted by atomic mass is 9.95. The summed E-state index contributed by atoms with van der Waals surface area (Å²) < 4.78 is 1.78. The molecule has 1 aliphatic rings. The molecule has 4 rings (SSSR count). The van der Waals surface area contributed by atoms with Crippen LogP contribution < -0.4 is 15.8 Å². The largest absolute Gasteiger partial charge is 0.355 e. The fourth-order valence-corrected chi connectivity index (χ4v) is 4.35. The topological polar surface area (TPSA) is 67.2 Å². The lowest BCUT2D eigenvalue weighted by Crippen LogP contribution is -2.43. The number of nitrogens with one attached hydrogen (secondary N) is 1. The van der Waals surface area contributed by atoms with Crippen LogP contribution >= 0.6 is 0 Å². The first kappa shape index (κ1) is 21.1. The third-order valence-electron chi connectivity index (χ3n) is 6.27. The van der Waals surface area contributed by atoms with Gasteiger partial charge >= 0.3 is 0 Å². The quantitative estimate of drug-likeness (QED) is 0.665. The van der Waals surface area contributed by atoms with Crippen molar-refractivity contribution < 1.29 is 4.79 Å². The fraction of sp³-hybridized carbons (Fsp3) is 0.400. The first-order valence-electron chi connectivity index (χ1n) is 11.2. The van der Waals surface area contributed by atoms with Crippen molar-refractivity contribution in [2.75, 3.05) is 24.5 Å². The Kier molecular flexibility index (Phi) is 6.35. The first-order valence-corrected chi connectivity index (χ1v) is 11.2. The van der Waals surface area contributed by atoms with Crippen LogP contribution in [0.15, 0.2) is 59.4 Å². The number of rotatable bonds is 6. The molecule has 6 nitrogen and oxygen atoms in total. The van der Waals surface area contributed by atoms with Crippen molar-refractivity contribution >= 4 is 22.8 Å². The molecule has 6 heteroatoms. The molecule has 1 aliphatic heterocycles. The number of hydrogen-bond acceptors (Lipinski definition) is 4. The van der Waals surface area contributed by atoms with Gasteiger partial charge in [-0.2, -0.15) is 0 Å². The molecule has 0 saturated carbocycles. The molecule has 1 saturated heterocycles. The summed E-state index contributed by atoms with van der Waals surface area (Å²) in [5.74, 6) is 0.865. The average molecular weight is 419 g/mol. The number of amides is 1. The number of anilines is 1. The van der Waals surface area contributed by atoms with Crippen molar-refractivity contribution in [3.63, 3.8) is 0 Å². The predicted octanol–water partition coefficient (Wildman–Crippen LogP) is 3.55. The van der Waals surface area contributed by atoms with Gasteiger partial charge in [-0.1, -0.05) is 49.4 Å². The number of aromatic nitrogens is 2. The Hall–Kier alpha value is -3.15. The van der Waals surface area contributed by atoms with Crippen LogP contribution in [0.5, 0.6) is 0 Å². The number of fused-ring (bicyclic) bond motifs is 1. The van der Waals surface area contributed by atoms with Crippen LogP contribution in [0.3, 0.4) is 0 Å². The molecular formula is C25H30N4O2. The highest BCUT2D eigenvalue weighted by molar-refractivity contribution is 5.79. The molecule has 0 bridgehead atoms. The van der Waals surface area contributed by atoms with Gasteiger partial charge in [0.05, 0.1) is 11.0 Å². The molecule has 1 atom stereocenters. The zero-order valence-corrected chi connectivity index (χ0v) is 18.3. The van der Waals surface area contributed by atoms with Crippen LogP contribution in [0.4, 0.5) is 5.82 Å². The number of hydrogen-bond donors (Lipinski definition) is 1. The minimum atomic E-state index is -0.0548. The summed E-state index contributed by atoms with van der Waals surface area (Å²) in [4.78, 5) is 32.4. The van der Waals surface area contributed by atoms with Gasteiger partial charge in [0, 0.05) is 32.1 Å². The molecule has 0 aliphatic carbocycles. The highest BCUT2D eigenvalue weighted by Gasteiger charge is 2.27. The van der Waals surface area contributed by atoms with Crippen LogP contribution in [0.2, 0.25) is 0 Å². The molecule has 1 N–H and O–H groups in total. The van der Waals surface area contributed by atoms with Crippen LogP contribution in [0, 0.1) is 5.92 Å². The van der Waals surface area contributed by atoms with E-state index >= 15 is 0 Å². The number of piperidine rings is 1. The maximum absolute atomic E-state index is 13.0. The normalized spacial score (nSPS) is 15.7. The molecule has 0 spiro atoms. The Morgan fingerprint density at radius 3 is 2.48 bits per heavy atom. The van der Waals surface area contributed by atoms with Gasteiger partial charge in [0.15, 0.2) is 5.82 Å². The monoisotopic (exact) mass is 418 g/mol. The van der Waals surface area contributed by atoms with Gasteiger partial charge in [0.1, 0.15) is 0 Å². The molecular weight excluding hydrogens is 388 g/mol. The lowest BCUT2D eigenvalue weighted by molar-refractivity contribution is -0.125. The number of para-hydroxylation sites is 2. The molecule has 1 fully saturated rings. The fourth-order valence-electron chi connectivity index (χ4n) is 4.35. The van der Waals surface area contributed by atoms with Gasteiger partial charge < -0.3 is 14.8 Å². The zero-order chi connectivity index (χ0) is 21.8. The SMILES string of the molecule is CCn1c(=O)c(N2CCC(C(=O)NC[C@H](C)c3ccccc3)CC2)nc2ccccc21. The van der Waals surface area contributed by atoms with E-state index < -0.39 is 0 Å². The van der Waals surface area contributed by atoms with E-state index in [2.05, 4.69) is 29.4 Å². The van der Waals surface area contributed by atoms with Gasteiger partial charge in [-0.05, 0) is 43.4 Å². The van der Waals surface area contributed by atoms with Gasteiger partial charge in [0.2, 0.25) is 5.91 Å². The van der Waals surface area contributed by atoms with E-state index in [1.54, 1.807) is 4.57 Å². The summed E-state index contributed by atoms with van der Waals surface area (Å²) in [6.07, 6.45) is 1.46. The van der Waals surface area contributed by atoms with E-state index in [1.165, 1.54) is 5.56 Å². The Morgan fingerprint density at radius 1 is 1.10 bits per heavy atom. The molecule has 2 aromatic carbocycles. The summed E-state index contributed by atoms with van der Waals surface area (Å²) in [6.45, 7) is 6.67. The van der Waals surface area contributed by atoms with Gasteiger partial charge in [-0.15, -0.1) is 0 Å². The average Bonchev–Trinajstić information content (AvgIpc) is 2.82. The molecule has 162 valence electrons. The van der Waals surface area contributed by atoms with Crippen molar-refractivity contribution in [1.29, 1.82) is 0 Å². The van der Waals surface area contributed by atoms with E-state index in [1.807, 2.05) is 54.3 Å². The molecule has 0 radical (unpaired) electrons. The summed E-state index contributed by atoms with van der Waals surface area (Å²) in [6, 6.07) is 18.0. The number of aryl methyl sites for hydroxylation is 1. The number of carbonyl (C=O) groups excluding carboxylic acids is 1. The maximum Gasteiger partial charge on any atom is 0.293 e.